The van der Waals surface area contributed by atoms with E-state index < -0.39 is 0 Å². The van der Waals surface area contributed by atoms with Gasteiger partial charge in [-0.15, -0.1) is 0 Å². The zero-order valence-corrected chi connectivity index (χ0v) is 17.2. The summed E-state index contributed by atoms with van der Waals surface area (Å²) in [6, 6.07) is 0. The normalized spacial score (nSPS) is 12.3. The molecule has 3 heteroatoms. The van der Waals surface area contributed by atoms with Crippen molar-refractivity contribution in [2.45, 2.75) is 101 Å². The van der Waals surface area contributed by atoms with E-state index in [4.69, 9.17) is 10.8 Å². The van der Waals surface area contributed by atoms with Crippen molar-refractivity contribution in [2.24, 2.45) is 23.0 Å². The maximum Gasteiger partial charge on any atom is 0.135 e. The second-order valence-corrected chi connectivity index (χ2v) is 6.87. The highest BCUT2D eigenvalue weighted by Gasteiger charge is 2.30. The fraction of sp³-hybridized carbons (Fsp3) is 0.952. The first kappa shape index (κ1) is 31.4. The predicted molar refractivity (Wildman–Crippen MR) is 110 cm³/mol. The summed E-state index contributed by atoms with van der Waals surface area (Å²) in [5.74, 6) is 1.02. The van der Waals surface area contributed by atoms with E-state index >= 15 is 0 Å². The van der Waals surface area contributed by atoms with E-state index in [0.29, 0.717) is 18.3 Å². The average Bonchev–Trinajstić information content (AvgIpc) is 2.55. The molecule has 0 rings (SSSR count). The van der Waals surface area contributed by atoms with Crippen LogP contribution in [0.2, 0.25) is 0 Å². The van der Waals surface area contributed by atoms with Gasteiger partial charge in [0.1, 0.15) is 5.78 Å². The minimum atomic E-state index is 0. The lowest BCUT2D eigenvalue weighted by atomic mass is 9.72. The molecule has 0 amide bonds. The fourth-order valence-electron chi connectivity index (χ4n) is 2.36. The van der Waals surface area contributed by atoms with Crippen molar-refractivity contribution in [3.05, 3.63) is 0 Å². The summed E-state index contributed by atoms with van der Waals surface area (Å²) in [5.41, 5.74) is 5.81. The highest BCUT2D eigenvalue weighted by molar-refractivity contribution is 5.80. The lowest BCUT2D eigenvalue weighted by Gasteiger charge is -2.32. The molecule has 0 saturated heterocycles. The molecule has 0 radical (unpaired) electrons. The van der Waals surface area contributed by atoms with E-state index in [1.54, 1.807) is 0 Å². The minimum absolute atomic E-state index is 0. The highest BCUT2D eigenvalue weighted by atomic mass is 16.3. The van der Waals surface area contributed by atoms with Crippen molar-refractivity contribution < 1.29 is 9.90 Å². The fourth-order valence-corrected chi connectivity index (χ4v) is 2.36. The summed E-state index contributed by atoms with van der Waals surface area (Å²) in [4.78, 5) is 11.9. The number of aliphatic hydroxyl groups excluding tert-OH is 1. The Morgan fingerprint density at radius 2 is 1.54 bits per heavy atom. The molecule has 3 N–H and O–H groups in total. The number of ketones is 1. The average molecular weight is 348 g/mol. The second-order valence-electron chi connectivity index (χ2n) is 6.87. The standard InChI is InChI=1S/C14H29NO.C4H10O.C2H6.CH4/c1-5-8-14(6-2,9-7-10-15)11-13(16)12(3)4;1-4(2)3-5;1-2;/h12H,5-11,15H2,1-4H3;4-5H,3H2,1-2H3;1-2H3;1H4. The first-order chi connectivity index (χ1) is 10.8. The molecule has 1 atom stereocenters. The Morgan fingerprint density at radius 1 is 1.08 bits per heavy atom. The lowest BCUT2D eigenvalue weighted by Crippen LogP contribution is -2.27. The first-order valence-corrected chi connectivity index (χ1v) is 9.62. The third-order valence-electron chi connectivity index (χ3n) is 4.00. The van der Waals surface area contributed by atoms with Crippen LogP contribution >= 0.6 is 0 Å². The molecular weight excluding hydrogens is 298 g/mol. The van der Waals surface area contributed by atoms with Crippen molar-refractivity contribution in [1.82, 2.24) is 0 Å². The van der Waals surface area contributed by atoms with Gasteiger partial charge >= 0.3 is 0 Å². The highest BCUT2D eigenvalue weighted by Crippen LogP contribution is 2.38. The van der Waals surface area contributed by atoms with Crippen LogP contribution in [0.5, 0.6) is 0 Å². The number of aliphatic hydroxyl groups is 1. The molecule has 0 aliphatic rings. The van der Waals surface area contributed by atoms with Crippen LogP contribution in [0.3, 0.4) is 0 Å². The molecular formula is C21H49NO2. The van der Waals surface area contributed by atoms with Gasteiger partial charge in [-0.25, -0.2) is 0 Å². The van der Waals surface area contributed by atoms with Crippen molar-refractivity contribution in [3.63, 3.8) is 0 Å². The van der Waals surface area contributed by atoms with Gasteiger partial charge in [-0.3, -0.25) is 4.79 Å². The topological polar surface area (TPSA) is 63.3 Å². The van der Waals surface area contributed by atoms with Gasteiger partial charge in [-0.2, -0.15) is 0 Å². The van der Waals surface area contributed by atoms with Gasteiger partial charge in [0.25, 0.3) is 0 Å². The molecule has 0 aliphatic carbocycles. The van der Waals surface area contributed by atoms with Crippen molar-refractivity contribution >= 4 is 5.78 Å². The zero-order chi connectivity index (χ0) is 18.9. The number of nitrogens with two attached hydrogens (primary N) is 1. The maximum atomic E-state index is 11.9. The first-order valence-electron chi connectivity index (χ1n) is 9.62. The Labute approximate surface area is 153 Å². The SMILES string of the molecule is C.CC.CC(C)CO.CCCC(CC)(CCCN)CC(=O)C(C)C. The third kappa shape index (κ3) is 17.9. The van der Waals surface area contributed by atoms with Gasteiger partial charge < -0.3 is 10.8 Å². The number of Topliss-reactive ketones (excluding diaryl/α,β-unsaturated/α-hetero) is 1. The molecule has 3 nitrogen and oxygen atoms in total. The molecule has 0 bridgehead atoms. The molecule has 0 aromatic rings. The van der Waals surface area contributed by atoms with Gasteiger partial charge in [0, 0.05) is 18.9 Å². The van der Waals surface area contributed by atoms with Crippen LogP contribution in [-0.4, -0.2) is 24.0 Å². The monoisotopic (exact) mass is 347 g/mol. The molecule has 150 valence electrons. The molecule has 0 heterocycles. The summed E-state index contributed by atoms with van der Waals surface area (Å²) in [7, 11) is 0. The van der Waals surface area contributed by atoms with Crippen LogP contribution in [0.15, 0.2) is 0 Å². The number of hydrogen-bond donors (Lipinski definition) is 2. The van der Waals surface area contributed by atoms with Gasteiger partial charge in [-0.1, -0.05) is 75.7 Å². The minimum Gasteiger partial charge on any atom is -0.396 e. The van der Waals surface area contributed by atoms with Gasteiger partial charge in [0.05, 0.1) is 0 Å². The summed E-state index contributed by atoms with van der Waals surface area (Å²) in [6.07, 6.45) is 6.30. The van der Waals surface area contributed by atoms with Crippen LogP contribution in [0, 0.1) is 17.3 Å². The molecule has 0 aliphatic heterocycles. The number of rotatable bonds is 10. The van der Waals surface area contributed by atoms with Gasteiger partial charge in [-0.05, 0) is 37.1 Å². The molecule has 0 fully saturated rings. The molecule has 1 unspecified atom stereocenters. The van der Waals surface area contributed by atoms with E-state index in [0.717, 1.165) is 45.1 Å². The number of hydrogen-bond acceptors (Lipinski definition) is 3. The Bertz CT molecular complexity index is 252. The molecule has 0 spiro atoms. The van der Waals surface area contributed by atoms with E-state index in [1.807, 2.05) is 41.5 Å². The summed E-state index contributed by atoms with van der Waals surface area (Å²) in [5, 5.41) is 8.14. The lowest BCUT2D eigenvalue weighted by molar-refractivity contribution is -0.124. The smallest absolute Gasteiger partial charge is 0.135 e. The van der Waals surface area contributed by atoms with Crippen molar-refractivity contribution in [2.75, 3.05) is 13.2 Å². The summed E-state index contributed by atoms with van der Waals surface area (Å²) in [6.45, 7) is 17.4. The quantitative estimate of drug-likeness (QED) is 0.522. The van der Waals surface area contributed by atoms with Crippen molar-refractivity contribution in [3.8, 4) is 0 Å². The largest absolute Gasteiger partial charge is 0.396 e. The summed E-state index contributed by atoms with van der Waals surface area (Å²) < 4.78 is 0. The predicted octanol–water partition coefficient (Wildman–Crippen LogP) is 5.83. The van der Waals surface area contributed by atoms with Gasteiger partial charge in [0.2, 0.25) is 0 Å². The maximum absolute atomic E-state index is 11.9. The molecule has 24 heavy (non-hydrogen) atoms. The Balaban J connectivity index is -0.000000213. The van der Waals surface area contributed by atoms with Gasteiger partial charge in [0.15, 0.2) is 0 Å². The summed E-state index contributed by atoms with van der Waals surface area (Å²) >= 11 is 0. The second kappa shape index (κ2) is 20.6. The van der Waals surface area contributed by atoms with Crippen LogP contribution in [0.25, 0.3) is 0 Å². The molecule has 0 saturated carbocycles. The van der Waals surface area contributed by atoms with Crippen LogP contribution in [0.1, 0.15) is 101 Å². The number of carbonyl (C=O) groups is 1. The Kier molecular flexibility index (Phi) is 27.0. The zero-order valence-electron chi connectivity index (χ0n) is 17.2. The molecule has 0 aromatic heterocycles. The Hall–Kier alpha value is -0.410. The van der Waals surface area contributed by atoms with Crippen LogP contribution in [-0.2, 0) is 4.79 Å². The number of carbonyl (C=O) groups excluding carboxylic acids is 1. The van der Waals surface area contributed by atoms with E-state index in [9.17, 15) is 4.79 Å². The van der Waals surface area contributed by atoms with Crippen LogP contribution < -0.4 is 5.73 Å². The van der Waals surface area contributed by atoms with E-state index in [-0.39, 0.29) is 18.8 Å². The van der Waals surface area contributed by atoms with Crippen LogP contribution in [0.4, 0.5) is 0 Å². The third-order valence-corrected chi connectivity index (χ3v) is 4.00. The Morgan fingerprint density at radius 3 is 1.79 bits per heavy atom. The van der Waals surface area contributed by atoms with Crippen molar-refractivity contribution in [1.29, 1.82) is 0 Å². The van der Waals surface area contributed by atoms with E-state index in [1.165, 1.54) is 0 Å². The van der Waals surface area contributed by atoms with E-state index in [2.05, 4.69) is 13.8 Å². The molecule has 0 aromatic carbocycles.